The van der Waals surface area contributed by atoms with Gasteiger partial charge in [0.1, 0.15) is 0 Å². The van der Waals surface area contributed by atoms with Gasteiger partial charge in [0.05, 0.1) is 24.4 Å². The second-order valence-electron chi connectivity index (χ2n) is 3.25. The van der Waals surface area contributed by atoms with Crippen molar-refractivity contribution >= 4 is 12.0 Å². The van der Waals surface area contributed by atoms with Gasteiger partial charge in [-0.05, 0) is 18.1 Å². The smallest absolute Gasteiger partial charge is 0.153 e. The molecule has 4 heteroatoms. The topological polar surface area (TPSA) is 62.1 Å². The summed E-state index contributed by atoms with van der Waals surface area (Å²) in [7, 11) is 3.29. The highest BCUT2D eigenvalue weighted by Crippen LogP contribution is 2.32. The third-order valence-corrected chi connectivity index (χ3v) is 2.36. The fourth-order valence-electron chi connectivity index (χ4n) is 1.63. The molecule has 1 aromatic carbocycles. The number of rotatable bonds is 5. The molecule has 0 bridgehead atoms. The number of anilines is 1. The first-order valence-corrected chi connectivity index (χ1v) is 4.98. The molecule has 0 unspecified atom stereocenters. The fourth-order valence-corrected chi connectivity index (χ4v) is 1.63. The minimum absolute atomic E-state index is 0.443. The van der Waals surface area contributed by atoms with Gasteiger partial charge in [-0.25, -0.2) is 0 Å². The Kier molecular flexibility index (Phi) is 4.34. The van der Waals surface area contributed by atoms with E-state index in [1.54, 1.807) is 13.1 Å². The maximum absolute atomic E-state index is 10.8. The molecular formula is C12H14N2O2. The zero-order valence-corrected chi connectivity index (χ0v) is 9.41. The number of carbonyl (C=O) groups excluding carboxylic acids is 1. The number of nitrogens with zero attached hydrogens (tertiary/aromatic N) is 1. The van der Waals surface area contributed by atoms with Gasteiger partial charge in [-0.2, -0.15) is 5.26 Å². The van der Waals surface area contributed by atoms with E-state index in [0.29, 0.717) is 24.2 Å². The molecule has 0 saturated heterocycles. The number of nitrogens with one attached hydrogen (secondary N) is 1. The fraction of sp³-hybridized carbons (Fsp3) is 0.333. The van der Waals surface area contributed by atoms with Gasteiger partial charge in [0, 0.05) is 13.5 Å². The van der Waals surface area contributed by atoms with Gasteiger partial charge in [-0.1, -0.05) is 6.07 Å². The van der Waals surface area contributed by atoms with Crippen molar-refractivity contribution < 1.29 is 9.53 Å². The van der Waals surface area contributed by atoms with E-state index in [2.05, 4.69) is 11.4 Å². The van der Waals surface area contributed by atoms with Gasteiger partial charge in [0.25, 0.3) is 0 Å². The van der Waals surface area contributed by atoms with Crippen LogP contribution in [0.5, 0.6) is 5.75 Å². The quantitative estimate of drug-likeness (QED) is 0.768. The first-order valence-electron chi connectivity index (χ1n) is 4.98. The van der Waals surface area contributed by atoms with Crippen molar-refractivity contribution in [2.45, 2.75) is 12.8 Å². The van der Waals surface area contributed by atoms with Gasteiger partial charge >= 0.3 is 0 Å². The van der Waals surface area contributed by atoms with Crippen LogP contribution in [0.3, 0.4) is 0 Å². The van der Waals surface area contributed by atoms with Crippen LogP contribution in [0.25, 0.3) is 0 Å². The first kappa shape index (κ1) is 12.1. The van der Waals surface area contributed by atoms with Crippen LogP contribution in [-0.4, -0.2) is 20.4 Å². The summed E-state index contributed by atoms with van der Waals surface area (Å²) in [6.07, 6.45) is 1.84. The summed E-state index contributed by atoms with van der Waals surface area (Å²) >= 11 is 0. The second-order valence-corrected chi connectivity index (χ2v) is 3.25. The highest BCUT2D eigenvalue weighted by molar-refractivity contribution is 5.85. The van der Waals surface area contributed by atoms with Gasteiger partial charge < -0.3 is 10.1 Å². The average molecular weight is 218 g/mol. The molecule has 0 aliphatic rings. The van der Waals surface area contributed by atoms with Crippen molar-refractivity contribution in [3.63, 3.8) is 0 Å². The number of carbonyl (C=O) groups is 1. The average Bonchev–Trinajstić information content (AvgIpc) is 2.34. The number of benzene rings is 1. The number of aryl methyl sites for hydroxylation is 1. The molecule has 0 spiro atoms. The maximum atomic E-state index is 10.8. The molecule has 84 valence electrons. The minimum Gasteiger partial charge on any atom is -0.494 e. The van der Waals surface area contributed by atoms with Crippen molar-refractivity contribution in [1.29, 1.82) is 5.26 Å². The molecule has 0 saturated carbocycles. The molecule has 1 N–H and O–H groups in total. The molecule has 0 aliphatic heterocycles. The summed E-state index contributed by atoms with van der Waals surface area (Å²) in [4.78, 5) is 10.8. The zero-order valence-electron chi connectivity index (χ0n) is 9.41. The Morgan fingerprint density at radius 3 is 2.81 bits per heavy atom. The molecule has 0 aromatic heterocycles. The maximum Gasteiger partial charge on any atom is 0.153 e. The van der Waals surface area contributed by atoms with E-state index >= 15 is 0 Å². The number of methoxy groups -OCH3 is 1. The Hall–Kier alpha value is -2.02. The molecule has 0 fully saturated rings. The van der Waals surface area contributed by atoms with Crippen LogP contribution in [0.4, 0.5) is 5.69 Å². The molecule has 1 aromatic rings. The van der Waals surface area contributed by atoms with E-state index in [1.165, 1.54) is 7.11 Å². The van der Waals surface area contributed by atoms with Gasteiger partial charge in [0.15, 0.2) is 12.0 Å². The summed E-state index contributed by atoms with van der Waals surface area (Å²) in [5.74, 6) is 0.535. The molecule has 16 heavy (non-hydrogen) atoms. The first-order chi connectivity index (χ1) is 7.78. The number of nitriles is 1. The van der Waals surface area contributed by atoms with Gasteiger partial charge in [-0.15, -0.1) is 0 Å². The molecule has 0 radical (unpaired) electrons. The van der Waals surface area contributed by atoms with Crippen molar-refractivity contribution in [3.8, 4) is 11.8 Å². The Labute approximate surface area is 94.8 Å². The van der Waals surface area contributed by atoms with Crippen molar-refractivity contribution in [2.24, 2.45) is 0 Å². The van der Waals surface area contributed by atoms with Crippen LogP contribution >= 0.6 is 0 Å². The van der Waals surface area contributed by atoms with Crippen molar-refractivity contribution in [2.75, 3.05) is 19.5 Å². The van der Waals surface area contributed by atoms with E-state index < -0.39 is 0 Å². The SMILES string of the molecule is CNc1c(CCC#N)ccc(C=O)c1OC. The largest absolute Gasteiger partial charge is 0.494 e. The molecule has 0 amide bonds. The highest BCUT2D eigenvalue weighted by atomic mass is 16.5. The molecule has 0 aliphatic carbocycles. The van der Waals surface area contributed by atoms with Gasteiger partial charge in [-0.3, -0.25) is 4.79 Å². The molecule has 1 rings (SSSR count). The minimum atomic E-state index is 0.443. The summed E-state index contributed by atoms with van der Waals surface area (Å²) < 4.78 is 5.20. The third kappa shape index (κ3) is 2.31. The summed E-state index contributed by atoms with van der Waals surface area (Å²) in [6, 6.07) is 5.65. The highest BCUT2D eigenvalue weighted by Gasteiger charge is 2.12. The van der Waals surface area contributed by atoms with Crippen LogP contribution in [0, 0.1) is 11.3 Å². The van der Waals surface area contributed by atoms with E-state index in [-0.39, 0.29) is 0 Å². The molecule has 4 nitrogen and oxygen atoms in total. The van der Waals surface area contributed by atoms with Crippen molar-refractivity contribution in [1.82, 2.24) is 0 Å². The molecule has 0 atom stereocenters. The monoisotopic (exact) mass is 218 g/mol. The van der Waals surface area contributed by atoms with Crippen LogP contribution in [0.1, 0.15) is 22.3 Å². The van der Waals surface area contributed by atoms with Gasteiger partial charge in [0.2, 0.25) is 0 Å². The van der Waals surface area contributed by atoms with E-state index in [1.807, 2.05) is 6.07 Å². The predicted octanol–water partition coefficient (Wildman–Crippen LogP) is 2.01. The number of hydrogen-bond donors (Lipinski definition) is 1. The lowest BCUT2D eigenvalue weighted by molar-refractivity contribution is 0.112. The Balaban J connectivity index is 3.21. The summed E-state index contributed by atoms with van der Waals surface area (Å²) in [6.45, 7) is 0. The van der Waals surface area contributed by atoms with Crippen LogP contribution in [-0.2, 0) is 6.42 Å². The summed E-state index contributed by atoms with van der Waals surface area (Å²) in [5, 5.41) is 11.6. The number of ether oxygens (including phenoxy) is 1. The lowest BCUT2D eigenvalue weighted by atomic mass is 10.0. The van der Waals surface area contributed by atoms with E-state index in [0.717, 1.165) is 17.5 Å². The number of aldehydes is 1. The summed E-state index contributed by atoms with van der Waals surface area (Å²) in [5.41, 5.74) is 2.27. The lowest BCUT2D eigenvalue weighted by Crippen LogP contribution is -2.02. The molecular weight excluding hydrogens is 204 g/mol. The zero-order chi connectivity index (χ0) is 12.0. The van der Waals surface area contributed by atoms with Crippen molar-refractivity contribution in [3.05, 3.63) is 23.3 Å². The Bertz CT molecular complexity index is 422. The number of hydrogen-bond acceptors (Lipinski definition) is 4. The Morgan fingerprint density at radius 2 is 2.31 bits per heavy atom. The van der Waals surface area contributed by atoms with E-state index in [4.69, 9.17) is 10.00 Å². The third-order valence-electron chi connectivity index (χ3n) is 2.36. The van der Waals surface area contributed by atoms with Crippen LogP contribution in [0.15, 0.2) is 12.1 Å². The second kappa shape index (κ2) is 5.76. The van der Waals surface area contributed by atoms with Crippen LogP contribution in [0.2, 0.25) is 0 Å². The lowest BCUT2D eigenvalue weighted by Gasteiger charge is -2.14. The molecule has 0 heterocycles. The predicted molar refractivity (Wildman–Crippen MR) is 61.9 cm³/mol. The standard InChI is InChI=1S/C12H14N2O2/c1-14-11-9(4-3-7-13)5-6-10(8-15)12(11)16-2/h5-6,8,14H,3-4H2,1-2H3. The van der Waals surface area contributed by atoms with E-state index in [9.17, 15) is 4.79 Å². The Morgan fingerprint density at radius 1 is 1.56 bits per heavy atom. The normalized spacial score (nSPS) is 9.31. The van der Waals surface area contributed by atoms with Crippen LogP contribution < -0.4 is 10.1 Å².